The van der Waals surface area contributed by atoms with Gasteiger partial charge >= 0.3 is 22.3 Å². The van der Waals surface area contributed by atoms with E-state index in [0.717, 1.165) is 5.57 Å². The van der Waals surface area contributed by atoms with E-state index in [0.29, 0.717) is 38.5 Å². The van der Waals surface area contributed by atoms with Crippen molar-refractivity contribution >= 4 is 28.1 Å². The van der Waals surface area contributed by atoms with Crippen molar-refractivity contribution in [3.63, 3.8) is 0 Å². The normalized spacial score (nSPS) is 48.9. The van der Waals surface area contributed by atoms with E-state index in [1.807, 2.05) is 26.8 Å². The van der Waals surface area contributed by atoms with Gasteiger partial charge in [-0.15, -0.1) is 0 Å². The van der Waals surface area contributed by atoms with Gasteiger partial charge in [-0.1, -0.05) is 39.3 Å². The van der Waals surface area contributed by atoms with Gasteiger partial charge in [-0.2, -0.15) is 8.42 Å². The molecule has 0 amide bonds. The molecule has 3 saturated carbocycles. The van der Waals surface area contributed by atoms with Crippen molar-refractivity contribution < 1.29 is 135 Å². The zero-order valence-corrected chi connectivity index (χ0v) is 50.3. The highest BCUT2D eigenvalue weighted by Crippen LogP contribution is 2.76. The number of methoxy groups -OCH3 is 1. The summed E-state index contributed by atoms with van der Waals surface area (Å²) >= 11 is 0. The van der Waals surface area contributed by atoms with E-state index >= 15 is 0 Å². The lowest BCUT2D eigenvalue weighted by molar-refractivity contribution is -0.389. The van der Waals surface area contributed by atoms with E-state index in [9.17, 15) is 78.4 Å². The fraction of sp³-hybridized carbons (Fsp3) is 0.911. The molecule has 4 aliphatic carbocycles. The fourth-order valence-electron chi connectivity index (χ4n) is 16.6. The molecule has 28 atom stereocenters. The minimum atomic E-state index is -5.21. The van der Waals surface area contributed by atoms with Crippen molar-refractivity contribution in [3.8, 4) is 0 Å². The van der Waals surface area contributed by atoms with Crippen LogP contribution >= 0.6 is 0 Å². The summed E-state index contributed by atoms with van der Waals surface area (Å²) in [6, 6.07) is 0. The zero-order valence-electron chi connectivity index (χ0n) is 49.5. The van der Waals surface area contributed by atoms with Crippen molar-refractivity contribution in [2.45, 2.75) is 254 Å². The molecule has 5 heterocycles. The van der Waals surface area contributed by atoms with Gasteiger partial charge in [0.15, 0.2) is 36.5 Å². The van der Waals surface area contributed by atoms with Crippen LogP contribution in [0, 0.1) is 39.4 Å². The van der Waals surface area contributed by atoms with Crippen molar-refractivity contribution in [1.82, 2.24) is 0 Å². The lowest BCUT2D eigenvalue weighted by Crippen LogP contribution is -2.67. The summed E-state index contributed by atoms with van der Waals surface area (Å²) in [6.07, 6.45) is -29.4. The molecule has 0 bridgehead atoms. The van der Waals surface area contributed by atoms with E-state index in [-0.39, 0.29) is 30.5 Å². The number of hydrogen-bond acceptors (Lipinski definition) is 27. The second-order valence-electron chi connectivity index (χ2n) is 26.7. The molecule has 5 saturated heterocycles. The minimum absolute atomic E-state index is 0.0219. The van der Waals surface area contributed by atoms with E-state index in [1.54, 1.807) is 20.8 Å². The fourth-order valence-corrected chi connectivity index (χ4v) is 17.1. The van der Waals surface area contributed by atoms with Gasteiger partial charge in [0.25, 0.3) is 0 Å². The number of allylic oxidation sites excluding steroid dienone is 1. The summed E-state index contributed by atoms with van der Waals surface area (Å²) < 4.78 is 103. The third kappa shape index (κ3) is 11.5. The number of fused-ring (bicyclic) bond motifs is 4. The van der Waals surface area contributed by atoms with E-state index in [4.69, 9.17) is 56.3 Å². The Bertz CT molecular complexity index is 2590. The number of esters is 2. The molecule has 9 rings (SSSR count). The number of ether oxygens (including phenoxy) is 11. The van der Waals surface area contributed by atoms with Crippen LogP contribution in [-0.2, 0) is 81.1 Å². The van der Waals surface area contributed by atoms with E-state index in [2.05, 4.69) is 6.92 Å². The summed E-state index contributed by atoms with van der Waals surface area (Å²) in [5, 5.41) is 112. The van der Waals surface area contributed by atoms with Crippen LogP contribution in [0.1, 0.15) is 114 Å². The third-order valence-corrected chi connectivity index (χ3v) is 21.5. The van der Waals surface area contributed by atoms with Crippen molar-refractivity contribution in [1.29, 1.82) is 0 Å². The standard InChI is InChI=1S/C56H88O28S/c1-23-42(79-48-41(68)44(36(63)28(21-58)77-48)80-47-40(67)43(73-10)35(62)27(20-57)76-47)38(65)39(66)46(75-23)81-45-37(64)29(84-85(70,71)72)22-74-49(45)78-34-15-17-53(7)26-19-33(61)56-31(13-18-54(56,8)25(26)11-12-30(53)52(34,5)6)55(9,83-50(56)69)32(60)14-16-51(3,4)82-24(2)59/h19,23,25,27-31,33-49,57-58,61-68H,11-18,20-22H2,1-10H3,(H,70,71,72)/t23-,25-,27-,28-,29-,30+,31-,33?,34+,35-,36-,37+,38-,39-,40-,41-,42-,43+,44+,45-,46+,47+,48+,49+,53-,54+,55-,56?/m1/s1. The molecule has 486 valence electrons. The summed E-state index contributed by atoms with van der Waals surface area (Å²) in [6.45, 7) is 13.7. The molecule has 29 heteroatoms. The molecule has 11 N–H and O–H groups in total. The summed E-state index contributed by atoms with van der Waals surface area (Å²) in [7, 11) is -4.03. The van der Waals surface area contributed by atoms with E-state index < -0.39 is 210 Å². The predicted octanol–water partition coefficient (Wildman–Crippen LogP) is -1.65. The number of rotatable bonds is 18. The molecule has 85 heavy (non-hydrogen) atoms. The highest BCUT2D eigenvalue weighted by molar-refractivity contribution is 7.80. The number of aliphatic hydroxyl groups excluding tert-OH is 10. The van der Waals surface area contributed by atoms with Gasteiger partial charge in [0.05, 0.1) is 38.1 Å². The third-order valence-electron chi connectivity index (χ3n) is 21.0. The number of carbonyl (C=O) groups is 3. The molecule has 28 nitrogen and oxygen atoms in total. The average molecular weight is 1240 g/mol. The Hall–Kier alpha value is -2.54. The first-order valence-electron chi connectivity index (χ1n) is 29.3. The molecular weight excluding hydrogens is 1150 g/mol. The van der Waals surface area contributed by atoms with Crippen molar-refractivity contribution in [3.05, 3.63) is 11.6 Å². The van der Waals surface area contributed by atoms with Crippen LogP contribution in [-0.4, -0.2) is 249 Å². The largest absolute Gasteiger partial charge is 0.460 e. The zero-order chi connectivity index (χ0) is 62.6. The Morgan fingerprint density at radius 3 is 1.89 bits per heavy atom. The lowest BCUT2D eigenvalue weighted by atomic mass is 9.40. The molecule has 9 aliphatic rings. The number of Topliss-reactive ketones (excluding diaryl/α,β-unsaturated/α-hetero) is 1. The molecular formula is C56H88O28S. The monoisotopic (exact) mass is 1240 g/mol. The second kappa shape index (κ2) is 24.3. The average Bonchev–Trinajstić information content (AvgIpc) is 1.56. The van der Waals surface area contributed by atoms with Crippen molar-refractivity contribution in [2.75, 3.05) is 26.9 Å². The maximum atomic E-state index is 14.6. The molecule has 0 aromatic rings. The SMILES string of the molecule is CO[C@@H]1[C@@H](O)[C@H](O[C@@H]2[C@@H](O)[C@H](O[C@H]3[C@H](O)[C@@H](O)[C@H](O[C@H]4[C@H](O[C@H]5CC[C@]6(C)C7=CC(O)C89C(=O)O[C@@](C)(C(=O)CCC(C)(C)OC(C)=O)[C@H]8CC[C@@]9(C)[C@@H]7CC[C@H]6C5(C)C)OC[C@@H](OS(=O)(=O)O)[C@@H]4O)O[C@@H]3C)O[C@H](CO)[C@H]2O)O[C@H](CO)[C@H]1O. The maximum absolute atomic E-state index is 14.6. The second-order valence-corrected chi connectivity index (χ2v) is 27.7. The van der Waals surface area contributed by atoms with Gasteiger partial charge in [-0.25, -0.2) is 4.18 Å². The Morgan fingerprint density at radius 1 is 0.706 bits per heavy atom. The number of ketones is 1. The van der Waals surface area contributed by atoms with Gasteiger partial charge < -0.3 is 103 Å². The van der Waals surface area contributed by atoms with E-state index in [1.165, 1.54) is 21.0 Å². The molecule has 1 spiro atoms. The van der Waals surface area contributed by atoms with Gasteiger partial charge in [-0.05, 0) is 101 Å². The highest BCUT2D eigenvalue weighted by Gasteiger charge is 2.80. The van der Waals surface area contributed by atoms with Gasteiger partial charge in [0.2, 0.25) is 0 Å². The smallest absolute Gasteiger partial charge is 0.397 e. The Labute approximate surface area is 493 Å². The van der Waals surface area contributed by atoms with Gasteiger partial charge in [0, 0.05) is 26.4 Å². The first kappa shape index (κ1) is 66.9. The number of carbonyl (C=O) groups excluding carboxylic acids is 3. The molecule has 8 fully saturated rings. The topological polar surface area (TPSA) is 419 Å². The first-order valence-corrected chi connectivity index (χ1v) is 30.7. The van der Waals surface area contributed by atoms with Crippen LogP contribution in [0.3, 0.4) is 0 Å². The predicted molar refractivity (Wildman–Crippen MR) is 284 cm³/mol. The Kier molecular flexibility index (Phi) is 19.1. The van der Waals surface area contributed by atoms with Crippen LogP contribution in [0.5, 0.6) is 0 Å². The quantitative estimate of drug-likeness (QED) is 0.0317. The maximum Gasteiger partial charge on any atom is 0.397 e. The molecule has 2 unspecified atom stereocenters. The Balaban J connectivity index is 0.904. The molecule has 0 aromatic heterocycles. The van der Waals surface area contributed by atoms with Crippen LogP contribution in [0.4, 0.5) is 0 Å². The van der Waals surface area contributed by atoms with Crippen LogP contribution in [0.25, 0.3) is 0 Å². The van der Waals surface area contributed by atoms with Crippen LogP contribution in [0.2, 0.25) is 0 Å². The minimum Gasteiger partial charge on any atom is -0.460 e. The molecule has 0 aromatic carbocycles. The highest BCUT2D eigenvalue weighted by atomic mass is 32.3. The van der Waals surface area contributed by atoms with Gasteiger partial charge in [0.1, 0.15) is 96.5 Å². The first-order chi connectivity index (χ1) is 39.6. The number of hydrogen-bond donors (Lipinski definition) is 11. The summed E-state index contributed by atoms with van der Waals surface area (Å²) in [4.78, 5) is 40.6. The van der Waals surface area contributed by atoms with Crippen molar-refractivity contribution in [2.24, 2.45) is 39.4 Å². The molecule has 5 aliphatic heterocycles. The van der Waals surface area contributed by atoms with Crippen LogP contribution < -0.4 is 0 Å². The number of aliphatic hydroxyl groups is 10. The molecule has 0 radical (unpaired) electrons. The summed E-state index contributed by atoms with van der Waals surface area (Å²) in [5.74, 6) is -2.36. The summed E-state index contributed by atoms with van der Waals surface area (Å²) in [5.41, 5.74) is -4.99. The number of cyclic esters (lactones) is 1. The van der Waals surface area contributed by atoms with Crippen LogP contribution in [0.15, 0.2) is 11.6 Å². The van der Waals surface area contributed by atoms with Gasteiger partial charge in [-0.3, -0.25) is 18.9 Å². The Morgan fingerprint density at radius 2 is 1.29 bits per heavy atom. The lowest BCUT2D eigenvalue weighted by Gasteiger charge is -2.64.